The molecular formula is C16H14N6O6. The predicted molar refractivity (Wildman–Crippen MR) is 97.9 cm³/mol. The molecule has 1 aliphatic heterocycles. The van der Waals surface area contributed by atoms with Gasteiger partial charge >= 0.3 is 5.69 Å². The number of rotatable bonds is 5. The van der Waals surface area contributed by atoms with E-state index in [1.54, 1.807) is 12.1 Å². The molecule has 3 aromatic rings. The monoisotopic (exact) mass is 386 g/mol. The number of nitro groups is 2. The summed E-state index contributed by atoms with van der Waals surface area (Å²) >= 11 is 0. The van der Waals surface area contributed by atoms with Crippen LogP contribution in [0, 0.1) is 20.2 Å². The van der Waals surface area contributed by atoms with E-state index in [-0.39, 0.29) is 22.4 Å². The molecule has 0 amide bonds. The van der Waals surface area contributed by atoms with Gasteiger partial charge in [-0.15, -0.1) is 0 Å². The Kier molecular flexibility index (Phi) is 4.45. The molecule has 144 valence electrons. The van der Waals surface area contributed by atoms with E-state index in [2.05, 4.69) is 15.6 Å². The Morgan fingerprint density at radius 1 is 1.04 bits per heavy atom. The maximum absolute atomic E-state index is 11.7. The number of benzene rings is 2. The Labute approximate surface area is 156 Å². The van der Waals surface area contributed by atoms with Gasteiger partial charge in [0.25, 0.3) is 5.69 Å². The fourth-order valence-electron chi connectivity index (χ4n) is 3.09. The zero-order chi connectivity index (χ0) is 19.7. The maximum atomic E-state index is 11.7. The molecule has 1 aliphatic rings. The summed E-state index contributed by atoms with van der Waals surface area (Å²) in [5, 5.41) is 33.2. The molecule has 0 bridgehead atoms. The van der Waals surface area contributed by atoms with E-state index >= 15 is 0 Å². The predicted octanol–water partition coefficient (Wildman–Crippen LogP) is 2.62. The zero-order valence-electron chi connectivity index (χ0n) is 14.4. The summed E-state index contributed by atoms with van der Waals surface area (Å²) in [5.74, 6) is 0. The maximum Gasteiger partial charge on any atom is 0.323 e. The Bertz CT molecular complexity index is 1060. The fourth-order valence-corrected chi connectivity index (χ4v) is 3.09. The number of anilines is 3. The highest BCUT2D eigenvalue weighted by Gasteiger charge is 2.29. The lowest BCUT2D eigenvalue weighted by Crippen LogP contribution is -2.36. The van der Waals surface area contributed by atoms with Gasteiger partial charge in [-0.25, -0.2) is 4.63 Å². The molecule has 1 aromatic heterocycles. The molecule has 12 heteroatoms. The highest BCUT2D eigenvalue weighted by atomic mass is 16.6. The van der Waals surface area contributed by atoms with Crippen molar-refractivity contribution in [2.24, 2.45) is 0 Å². The van der Waals surface area contributed by atoms with Crippen molar-refractivity contribution in [3.05, 3.63) is 50.6 Å². The minimum absolute atomic E-state index is 0.00178. The number of hydrogen-bond donors (Lipinski definition) is 1. The molecule has 2 aromatic carbocycles. The van der Waals surface area contributed by atoms with Crippen LogP contribution >= 0.6 is 0 Å². The first kappa shape index (κ1) is 17.6. The van der Waals surface area contributed by atoms with E-state index in [4.69, 9.17) is 9.37 Å². The third kappa shape index (κ3) is 3.16. The number of ether oxygens (including phenoxy) is 1. The average molecular weight is 386 g/mol. The van der Waals surface area contributed by atoms with Gasteiger partial charge in [0.15, 0.2) is 5.52 Å². The third-order valence-electron chi connectivity index (χ3n) is 4.36. The van der Waals surface area contributed by atoms with Crippen molar-refractivity contribution in [3.8, 4) is 0 Å². The van der Waals surface area contributed by atoms with Crippen molar-refractivity contribution in [2.75, 3.05) is 36.5 Å². The SMILES string of the molecule is O=[N+]([O-])c1cccc(Nc2cc(N3CCOCC3)c([N+](=O)[O-])c3nonc23)c1. The molecule has 4 rings (SSSR count). The van der Waals surface area contributed by atoms with E-state index in [1.807, 2.05) is 4.90 Å². The topological polar surface area (TPSA) is 150 Å². The molecule has 0 atom stereocenters. The average Bonchev–Trinajstić information content (AvgIpc) is 3.18. The summed E-state index contributed by atoms with van der Waals surface area (Å²) in [7, 11) is 0. The highest BCUT2D eigenvalue weighted by Crippen LogP contribution is 2.40. The first-order chi connectivity index (χ1) is 13.5. The van der Waals surface area contributed by atoms with Gasteiger partial charge in [0, 0.05) is 30.9 Å². The molecule has 12 nitrogen and oxygen atoms in total. The molecule has 0 saturated carbocycles. The number of fused-ring (bicyclic) bond motifs is 1. The van der Waals surface area contributed by atoms with Crippen molar-refractivity contribution in [2.45, 2.75) is 0 Å². The van der Waals surface area contributed by atoms with E-state index in [1.165, 1.54) is 18.2 Å². The van der Waals surface area contributed by atoms with Crippen LogP contribution in [-0.4, -0.2) is 46.5 Å². The van der Waals surface area contributed by atoms with Crippen molar-refractivity contribution in [3.63, 3.8) is 0 Å². The Balaban J connectivity index is 1.83. The van der Waals surface area contributed by atoms with Crippen molar-refractivity contribution in [1.29, 1.82) is 0 Å². The summed E-state index contributed by atoms with van der Waals surface area (Å²) < 4.78 is 10.1. The fraction of sp³-hybridized carbons (Fsp3) is 0.250. The number of morpholine rings is 1. The molecule has 1 fully saturated rings. The Morgan fingerprint density at radius 2 is 1.79 bits per heavy atom. The minimum atomic E-state index is -0.519. The van der Waals surface area contributed by atoms with Gasteiger partial charge in [-0.05, 0) is 22.4 Å². The Hall–Kier alpha value is -3.80. The Morgan fingerprint density at radius 3 is 2.50 bits per heavy atom. The molecule has 2 heterocycles. The lowest BCUT2D eigenvalue weighted by atomic mass is 10.1. The number of hydrogen-bond acceptors (Lipinski definition) is 10. The third-order valence-corrected chi connectivity index (χ3v) is 4.36. The molecule has 28 heavy (non-hydrogen) atoms. The van der Waals surface area contributed by atoms with Crippen LogP contribution in [0.3, 0.4) is 0 Å². The molecule has 0 unspecified atom stereocenters. The molecular weight excluding hydrogens is 372 g/mol. The van der Waals surface area contributed by atoms with Gasteiger partial charge in [0.1, 0.15) is 5.69 Å². The molecule has 1 N–H and O–H groups in total. The lowest BCUT2D eigenvalue weighted by Gasteiger charge is -2.28. The van der Waals surface area contributed by atoms with Crippen LogP contribution in [0.15, 0.2) is 35.0 Å². The second-order valence-electron chi connectivity index (χ2n) is 6.04. The second-order valence-corrected chi connectivity index (χ2v) is 6.04. The first-order valence-corrected chi connectivity index (χ1v) is 8.32. The van der Waals surface area contributed by atoms with Crippen LogP contribution in [0.5, 0.6) is 0 Å². The number of aromatic nitrogens is 2. The molecule has 0 aliphatic carbocycles. The van der Waals surface area contributed by atoms with Gasteiger partial charge in [-0.1, -0.05) is 6.07 Å². The molecule has 0 spiro atoms. The summed E-state index contributed by atoms with van der Waals surface area (Å²) in [4.78, 5) is 23.5. The quantitative estimate of drug-likeness (QED) is 0.512. The summed E-state index contributed by atoms with van der Waals surface area (Å²) in [6, 6.07) is 7.48. The van der Waals surface area contributed by atoms with Gasteiger partial charge in [0.2, 0.25) is 5.52 Å². The van der Waals surface area contributed by atoms with Crippen molar-refractivity contribution < 1.29 is 19.2 Å². The van der Waals surface area contributed by atoms with Crippen molar-refractivity contribution in [1.82, 2.24) is 10.3 Å². The highest BCUT2D eigenvalue weighted by molar-refractivity contribution is 6.00. The smallest absolute Gasteiger partial charge is 0.323 e. The number of nitrogens with zero attached hydrogens (tertiary/aromatic N) is 5. The van der Waals surface area contributed by atoms with Gasteiger partial charge in [-0.2, -0.15) is 0 Å². The van der Waals surface area contributed by atoms with Crippen LogP contribution in [0.2, 0.25) is 0 Å². The largest absolute Gasteiger partial charge is 0.378 e. The van der Waals surface area contributed by atoms with Crippen LogP contribution in [0.25, 0.3) is 11.0 Å². The van der Waals surface area contributed by atoms with Gasteiger partial charge in [-0.3, -0.25) is 20.2 Å². The normalized spacial score (nSPS) is 14.2. The zero-order valence-corrected chi connectivity index (χ0v) is 14.4. The van der Waals surface area contributed by atoms with Gasteiger partial charge in [0.05, 0.1) is 28.7 Å². The van der Waals surface area contributed by atoms with E-state index in [9.17, 15) is 20.2 Å². The van der Waals surface area contributed by atoms with Crippen LogP contribution in [0.4, 0.5) is 28.4 Å². The lowest BCUT2D eigenvalue weighted by molar-refractivity contribution is -0.384. The second kappa shape index (κ2) is 7.08. The minimum Gasteiger partial charge on any atom is -0.378 e. The summed E-state index contributed by atoms with van der Waals surface area (Å²) in [6.45, 7) is 1.85. The molecule has 0 radical (unpaired) electrons. The summed E-state index contributed by atoms with van der Waals surface area (Å²) in [5.41, 5.74) is 1.04. The van der Waals surface area contributed by atoms with E-state index in [0.29, 0.717) is 43.4 Å². The number of non-ortho nitro benzene ring substituents is 1. The van der Waals surface area contributed by atoms with Crippen LogP contribution in [-0.2, 0) is 4.74 Å². The van der Waals surface area contributed by atoms with Crippen molar-refractivity contribution >= 4 is 39.5 Å². The molecule has 1 saturated heterocycles. The number of nitrogens with one attached hydrogen (secondary N) is 1. The van der Waals surface area contributed by atoms with Gasteiger partial charge < -0.3 is 15.0 Å². The van der Waals surface area contributed by atoms with Crippen LogP contribution in [0.1, 0.15) is 0 Å². The van der Waals surface area contributed by atoms with Crippen LogP contribution < -0.4 is 10.2 Å². The first-order valence-electron chi connectivity index (χ1n) is 8.32. The number of nitro benzene ring substituents is 2. The van der Waals surface area contributed by atoms with E-state index < -0.39 is 9.85 Å². The summed E-state index contributed by atoms with van der Waals surface area (Å²) in [6.07, 6.45) is 0. The van der Waals surface area contributed by atoms with E-state index in [0.717, 1.165) is 0 Å². The standard InChI is InChI=1S/C16H14N6O6/c23-21(24)11-3-1-2-10(8-11)17-12-9-13(20-4-6-27-7-5-20)16(22(25)26)15-14(12)18-28-19-15/h1-3,8-9,17H,4-7H2.